The van der Waals surface area contributed by atoms with Crippen LogP contribution in [0.4, 0.5) is 0 Å². The zero-order valence-corrected chi connectivity index (χ0v) is 9.81. The number of carboxylic acid groups (broad SMARTS) is 1. The number of carbonyl (C=O) groups is 1. The number of hydrogen-bond acceptors (Lipinski definition) is 2. The van der Waals surface area contributed by atoms with Crippen molar-refractivity contribution in [3.63, 3.8) is 0 Å². The average Bonchev–Trinajstić information content (AvgIpc) is 2.19. The van der Waals surface area contributed by atoms with E-state index in [4.69, 9.17) is 0 Å². The molecule has 0 aromatic carbocycles. The van der Waals surface area contributed by atoms with Crippen molar-refractivity contribution in [2.24, 2.45) is 11.3 Å². The minimum Gasteiger partial charge on any atom is -0.481 e. The first-order valence-electron chi connectivity index (χ1n) is 5.68. The van der Waals surface area contributed by atoms with Crippen molar-refractivity contribution < 1.29 is 9.90 Å². The fourth-order valence-electron chi connectivity index (χ4n) is 3.18. The van der Waals surface area contributed by atoms with Crippen molar-refractivity contribution in [2.45, 2.75) is 38.5 Å². The summed E-state index contributed by atoms with van der Waals surface area (Å²) in [6, 6.07) is 0. The molecule has 0 amide bonds. The third kappa shape index (κ3) is 2.45. The topological polar surface area (TPSA) is 49.3 Å². The molecule has 3 nitrogen and oxygen atoms in total. The summed E-state index contributed by atoms with van der Waals surface area (Å²) in [7, 11) is 0. The monoisotopic (exact) mass is 233 g/mol. The minimum atomic E-state index is -0.576. The third-order valence-corrected chi connectivity index (χ3v) is 3.97. The Kier molecular flexibility index (Phi) is 4.41. The highest BCUT2D eigenvalue weighted by atomic mass is 35.5. The summed E-state index contributed by atoms with van der Waals surface area (Å²) in [5, 5.41) is 12.6. The van der Waals surface area contributed by atoms with E-state index >= 15 is 0 Å². The van der Waals surface area contributed by atoms with Crippen LogP contribution in [0.2, 0.25) is 0 Å². The van der Waals surface area contributed by atoms with Gasteiger partial charge in [0.05, 0.1) is 5.92 Å². The molecule has 2 fully saturated rings. The van der Waals surface area contributed by atoms with Gasteiger partial charge in [0.25, 0.3) is 0 Å². The Balaban J connectivity index is 0.00000112. The average molecular weight is 234 g/mol. The van der Waals surface area contributed by atoms with Gasteiger partial charge >= 0.3 is 5.97 Å². The molecule has 88 valence electrons. The van der Waals surface area contributed by atoms with E-state index in [0.29, 0.717) is 0 Å². The molecule has 0 bridgehead atoms. The van der Waals surface area contributed by atoms with Gasteiger partial charge in [0, 0.05) is 6.54 Å². The van der Waals surface area contributed by atoms with Crippen LogP contribution in [0.5, 0.6) is 0 Å². The second-order valence-electron chi connectivity index (χ2n) is 4.78. The summed E-state index contributed by atoms with van der Waals surface area (Å²) in [4.78, 5) is 11.2. The van der Waals surface area contributed by atoms with Crippen LogP contribution in [-0.4, -0.2) is 24.2 Å². The molecule has 1 heterocycles. The van der Waals surface area contributed by atoms with Crippen molar-refractivity contribution in [2.75, 3.05) is 13.1 Å². The maximum atomic E-state index is 11.2. The van der Waals surface area contributed by atoms with Crippen molar-refractivity contribution in [3.05, 3.63) is 0 Å². The molecule has 2 rings (SSSR count). The SMILES string of the molecule is Cl.O=C(O)C1CCNCC12CCCCC2. The fourth-order valence-corrected chi connectivity index (χ4v) is 3.18. The van der Waals surface area contributed by atoms with E-state index < -0.39 is 5.97 Å². The molecule has 1 aliphatic carbocycles. The summed E-state index contributed by atoms with van der Waals surface area (Å²) in [6.45, 7) is 1.79. The molecule has 0 radical (unpaired) electrons. The molecule has 15 heavy (non-hydrogen) atoms. The van der Waals surface area contributed by atoms with Gasteiger partial charge in [-0.15, -0.1) is 12.4 Å². The molecule has 1 atom stereocenters. The molecule has 0 aromatic rings. The molecule has 1 unspecified atom stereocenters. The summed E-state index contributed by atoms with van der Waals surface area (Å²) in [5.41, 5.74) is 0.0856. The summed E-state index contributed by atoms with van der Waals surface area (Å²) in [6.07, 6.45) is 6.74. The predicted octanol–water partition coefficient (Wildman–Crippen LogP) is 2.05. The van der Waals surface area contributed by atoms with E-state index in [2.05, 4.69) is 5.32 Å². The normalized spacial score (nSPS) is 29.5. The number of aliphatic carboxylic acids is 1. The van der Waals surface area contributed by atoms with Crippen LogP contribution in [-0.2, 0) is 4.79 Å². The van der Waals surface area contributed by atoms with Gasteiger partial charge < -0.3 is 10.4 Å². The molecular formula is C11H20ClNO2. The number of piperidine rings is 1. The zero-order valence-electron chi connectivity index (χ0n) is 9.00. The minimum absolute atomic E-state index is 0. The summed E-state index contributed by atoms with van der Waals surface area (Å²) in [5.74, 6) is -0.669. The molecule has 1 saturated heterocycles. The van der Waals surface area contributed by atoms with Gasteiger partial charge in [-0.25, -0.2) is 0 Å². The summed E-state index contributed by atoms with van der Waals surface area (Å²) >= 11 is 0. The summed E-state index contributed by atoms with van der Waals surface area (Å²) < 4.78 is 0. The number of nitrogens with one attached hydrogen (secondary N) is 1. The lowest BCUT2D eigenvalue weighted by molar-refractivity contribution is -0.149. The Morgan fingerprint density at radius 1 is 1.27 bits per heavy atom. The third-order valence-electron chi connectivity index (χ3n) is 3.97. The van der Waals surface area contributed by atoms with Crippen LogP contribution in [0.3, 0.4) is 0 Å². The second kappa shape index (κ2) is 5.17. The Morgan fingerprint density at radius 3 is 2.53 bits per heavy atom. The Hall–Kier alpha value is -0.280. The van der Waals surface area contributed by atoms with Crippen LogP contribution < -0.4 is 5.32 Å². The van der Waals surface area contributed by atoms with Gasteiger partial charge in [-0.3, -0.25) is 4.79 Å². The van der Waals surface area contributed by atoms with E-state index in [1.807, 2.05) is 0 Å². The van der Waals surface area contributed by atoms with Crippen LogP contribution in [0.25, 0.3) is 0 Å². The van der Waals surface area contributed by atoms with E-state index in [9.17, 15) is 9.90 Å². The van der Waals surface area contributed by atoms with Gasteiger partial charge in [-0.05, 0) is 31.2 Å². The van der Waals surface area contributed by atoms with Crippen LogP contribution in [0.15, 0.2) is 0 Å². The van der Waals surface area contributed by atoms with Crippen LogP contribution in [0.1, 0.15) is 38.5 Å². The number of hydrogen-bond donors (Lipinski definition) is 2. The van der Waals surface area contributed by atoms with Crippen molar-refractivity contribution in [1.82, 2.24) is 5.32 Å². The molecule has 2 aliphatic rings. The maximum absolute atomic E-state index is 11.2. The van der Waals surface area contributed by atoms with E-state index in [1.165, 1.54) is 19.3 Å². The first-order valence-corrected chi connectivity index (χ1v) is 5.68. The molecule has 0 aromatic heterocycles. The Bertz CT molecular complexity index is 218. The lowest BCUT2D eigenvalue weighted by Gasteiger charge is -2.45. The molecule has 1 aliphatic heterocycles. The van der Waals surface area contributed by atoms with E-state index in [1.54, 1.807) is 0 Å². The van der Waals surface area contributed by atoms with Crippen molar-refractivity contribution in [1.29, 1.82) is 0 Å². The lowest BCUT2D eigenvalue weighted by atomic mass is 9.63. The highest BCUT2D eigenvalue weighted by molar-refractivity contribution is 5.85. The number of carboxylic acids is 1. The number of halogens is 1. The van der Waals surface area contributed by atoms with Gasteiger partial charge in [0.2, 0.25) is 0 Å². The zero-order chi connectivity index (χ0) is 10.0. The maximum Gasteiger partial charge on any atom is 0.307 e. The van der Waals surface area contributed by atoms with Gasteiger partial charge in [0.1, 0.15) is 0 Å². The Morgan fingerprint density at radius 2 is 1.93 bits per heavy atom. The molecule has 4 heteroatoms. The smallest absolute Gasteiger partial charge is 0.307 e. The van der Waals surface area contributed by atoms with E-state index in [-0.39, 0.29) is 23.7 Å². The second-order valence-corrected chi connectivity index (χ2v) is 4.78. The molecular weight excluding hydrogens is 214 g/mol. The molecule has 2 N–H and O–H groups in total. The quantitative estimate of drug-likeness (QED) is 0.729. The number of rotatable bonds is 1. The lowest BCUT2D eigenvalue weighted by Crippen LogP contribution is -2.50. The van der Waals surface area contributed by atoms with Crippen LogP contribution >= 0.6 is 12.4 Å². The van der Waals surface area contributed by atoms with Gasteiger partial charge in [-0.1, -0.05) is 19.3 Å². The fraction of sp³-hybridized carbons (Fsp3) is 0.909. The Labute approximate surface area is 97.0 Å². The molecule has 1 spiro atoms. The molecule has 1 saturated carbocycles. The van der Waals surface area contributed by atoms with E-state index in [0.717, 1.165) is 32.4 Å². The first-order chi connectivity index (χ1) is 6.75. The van der Waals surface area contributed by atoms with Gasteiger partial charge in [-0.2, -0.15) is 0 Å². The standard InChI is InChI=1S/C11H19NO2.ClH/c13-10(14)9-4-7-12-8-11(9)5-2-1-3-6-11;/h9,12H,1-8H2,(H,13,14);1H. The highest BCUT2D eigenvalue weighted by Gasteiger charge is 2.44. The van der Waals surface area contributed by atoms with Crippen LogP contribution in [0, 0.1) is 11.3 Å². The highest BCUT2D eigenvalue weighted by Crippen LogP contribution is 2.45. The largest absolute Gasteiger partial charge is 0.481 e. The van der Waals surface area contributed by atoms with Crippen molar-refractivity contribution >= 4 is 18.4 Å². The predicted molar refractivity (Wildman–Crippen MR) is 61.4 cm³/mol. The van der Waals surface area contributed by atoms with Gasteiger partial charge in [0.15, 0.2) is 0 Å². The van der Waals surface area contributed by atoms with Crippen molar-refractivity contribution in [3.8, 4) is 0 Å². The first kappa shape index (κ1) is 12.8.